The van der Waals surface area contributed by atoms with Crippen LogP contribution in [0, 0.1) is 13.8 Å². The molecule has 0 fully saturated rings. The monoisotopic (exact) mass is 449 g/mol. The summed E-state index contributed by atoms with van der Waals surface area (Å²) in [6.07, 6.45) is 1.18. The summed E-state index contributed by atoms with van der Waals surface area (Å²) < 4.78 is 5.73. The van der Waals surface area contributed by atoms with E-state index in [1.165, 1.54) is 6.21 Å². The molecule has 164 valence electrons. The van der Waals surface area contributed by atoms with Gasteiger partial charge in [-0.15, -0.1) is 0 Å². The number of nitrogens with zero attached hydrogens (tertiary/aromatic N) is 1. The normalized spacial score (nSPS) is 10.7. The fourth-order valence-electron chi connectivity index (χ4n) is 2.94. The Morgan fingerprint density at radius 2 is 1.75 bits per heavy atom. The molecule has 3 aromatic carbocycles. The van der Waals surface area contributed by atoms with E-state index in [1.807, 2.05) is 68.4 Å². The highest BCUT2D eigenvalue weighted by Gasteiger charge is 2.10. The molecule has 0 heterocycles. The van der Waals surface area contributed by atoms with Crippen molar-refractivity contribution in [3.8, 4) is 5.75 Å². The fourth-order valence-corrected chi connectivity index (χ4v) is 3.13. The van der Waals surface area contributed by atoms with E-state index in [0.717, 1.165) is 22.3 Å². The molecule has 7 heteroatoms. The van der Waals surface area contributed by atoms with Crippen LogP contribution in [0.5, 0.6) is 5.75 Å². The molecule has 0 aliphatic heterocycles. The molecule has 0 saturated heterocycles. The van der Waals surface area contributed by atoms with E-state index in [4.69, 9.17) is 16.3 Å². The molecule has 6 nitrogen and oxygen atoms in total. The van der Waals surface area contributed by atoms with Crippen LogP contribution in [0.3, 0.4) is 0 Å². The zero-order valence-electron chi connectivity index (χ0n) is 17.9. The molecule has 0 unspecified atom stereocenters. The highest BCUT2D eigenvalue weighted by molar-refractivity contribution is 6.31. The highest BCUT2D eigenvalue weighted by atomic mass is 35.5. The number of hydrogen-bond acceptors (Lipinski definition) is 4. The third-order valence-electron chi connectivity index (χ3n) is 4.61. The lowest BCUT2D eigenvalue weighted by atomic mass is 10.1. The summed E-state index contributed by atoms with van der Waals surface area (Å²) in [5, 5.41) is 7.30. The minimum Gasteiger partial charge on any atom is -0.489 e. The molecular formula is C25H24ClN3O3. The molecule has 0 aromatic heterocycles. The molecule has 3 rings (SSSR count). The van der Waals surface area contributed by atoms with Gasteiger partial charge >= 0.3 is 0 Å². The van der Waals surface area contributed by atoms with Gasteiger partial charge in [-0.2, -0.15) is 5.10 Å². The average molecular weight is 450 g/mol. The summed E-state index contributed by atoms with van der Waals surface area (Å²) >= 11 is 6.13. The number of hydrazone groups is 1. The maximum Gasteiger partial charge on any atom is 0.249 e. The molecule has 2 N–H and O–H groups in total. The van der Waals surface area contributed by atoms with Crippen molar-refractivity contribution in [1.82, 2.24) is 5.43 Å². The third-order valence-corrected chi connectivity index (χ3v) is 4.98. The largest absolute Gasteiger partial charge is 0.489 e. The minimum absolute atomic E-state index is 0.320. The number of benzene rings is 3. The molecular weight excluding hydrogens is 426 g/mol. The van der Waals surface area contributed by atoms with E-state index in [2.05, 4.69) is 15.8 Å². The van der Waals surface area contributed by atoms with E-state index < -0.39 is 11.8 Å². The third kappa shape index (κ3) is 6.96. The van der Waals surface area contributed by atoms with E-state index in [1.54, 1.807) is 12.1 Å². The average Bonchev–Trinajstić information content (AvgIpc) is 2.76. The number of carbonyl (C=O) groups excluding carboxylic acids is 2. The fraction of sp³-hybridized carbons (Fsp3) is 0.160. The van der Waals surface area contributed by atoms with Crippen LogP contribution in [0.1, 0.15) is 28.7 Å². The lowest BCUT2D eigenvalue weighted by Crippen LogP contribution is -2.24. The topological polar surface area (TPSA) is 79.8 Å². The standard InChI is InChI=1S/C25H24ClN3O3/c1-17-7-12-23(18(2)13-17)28-24(30)14-25(31)29-27-15-19-8-10-21(11-9-19)32-16-20-5-3-4-6-22(20)26/h3-13,15H,14,16H2,1-2H3,(H,28,30)(H,29,31). The summed E-state index contributed by atoms with van der Waals surface area (Å²) in [7, 11) is 0. The van der Waals surface area contributed by atoms with Crippen LogP contribution >= 0.6 is 11.6 Å². The molecule has 0 saturated carbocycles. The molecule has 0 atom stereocenters. The van der Waals surface area contributed by atoms with Crippen LogP contribution in [0.2, 0.25) is 5.02 Å². The van der Waals surface area contributed by atoms with Crippen LogP contribution in [-0.2, 0) is 16.2 Å². The van der Waals surface area contributed by atoms with Crippen LogP contribution < -0.4 is 15.5 Å². The Morgan fingerprint density at radius 1 is 1.00 bits per heavy atom. The predicted octanol–water partition coefficient (Wildman–Crippen LogP) is 5.01. The van der Waals surface area contributed by atoms with Crippen LogP contribution in [-0.4, -0.2) is 18.0 Å². The van der Waals surface area contributed by atoms with Crippen molar-refractivity contribution >= 4 is 35.3 Å². The van der Waals surface area contributed by atoms with Crippen LogP contribution in [0.4, 0.5) is 5.69 Å². The summed E-state index contributed by atoms with van der Waals surface area (Å²) in [6.45, 7) is 4.25. The zero-order valence-corrected chi connectivity index (χ0v) is 18.6. The van der Waals surface area contributed by atoms with Crippen molar-refractivity contribution < 1.29 is 14.3 Å². The van der Waals surface area contributed by atoms with E-state index >= 15 is 0 Å². The van der Waals surface area contributed by atoms with Gasteiger partial charge in [0.25, 0.3) is 0 Å². The molecule has 0 radical (unpaired) electrons. The Hall–Kier alpha value is -3.64. The lowest BCUT2D eigenvalue weighted by Gasteiger charge is -2.08. The number of halogens is 1. The maximum atomic E-state index is 12.1. The maximum absolute atomic E-state index is 12.1. The van der Waals surface area contributed by atoms with Crippen LogP contribution in [0.15, 0.2) is 71.8 Å². The smallest absolute Gasteiger partial charge is 0.249 e. The second-order valence-electron chi connectivity index (χ2n) is 7.29. The van der Waals surface area contributed by atoms with Gasteiger partial charge in [0.2, 0.25) is 11.8 Å². The van der Waals surface area contributed by atoms with Gasteiger partial charge in [0, 0.05) is 16.3 Å². The Labute approximate surface area is 192 Å². The van der Waals surface area contributed by atoms with Gasteiger partial charge in [-0.05, 0) is 61.4 Å². The summed E-state index contributed by atoms with van der Waals surface area (Å²) in [6, 6.07) is 20.4. The molecule has 2 amide bonds. The molecule has 0 bridgehead atoms. The van der Waals surface area contributed by atoms with Crippen molar-refractivity contribution in [1.29, 1.82) is 0 Å². The van der Waals surface area contributed by atoms with Crippen molar-refractivity contribution in [3.05, 3.63) is 94.0 Å². The molecule has 0 spiro atoms. The number of amides is 2. The summed E-state index contributed by atoms with van der Waals surface area (Å²) in [5.74, 6) is -0.206. The number of nitrogens with one attached hydrogen (secondary N) is 2. The summed E-state index contributed by atoms with van der Waals surface area (Å²) in [5.41, 5.74) is 6.78. The number of rotatable bonds is 8. The summed E-state index contributed by atoms with van der Waals surface area (Å²) in [4.78, 5) is 24.0. The van der Waals surface area contributed by atoms with Gasteiger partial charge in [0.05, 0.1) is 6.21 Å². The van der Waals surface area contributed by atoms with E-state index in [0.29, 0.717) is 23.1 Å². The quantitative estimate of drug-likeness (QED) is 0.288. The van der Waals surface area contributed by atoms with Gasteiger partial charge < -0.3 is 10.1 Å². The van der Waals surface area contributed by atoms with E-state index in [9.17, 15) is 9.59 Å². The zero-order chi connectivity index (χ0) is 22.9. The molecule has 0 aliphatic carbocycles. The Balaban J connectivity index is 1.44. The van der Waals surface area contributed by atoms with Crippen molar-refractivity contribution in [2.45, 2.75) is 26.9 Å². The first-order chi connectivity index (χ1) is 15.4. The first kappa shape index (κ1) is 23.0. The van der Waals surface area contributed by atoms with Gasteiger partial charge in [0.1, 0.15) is 18.8 Å². The number of aryl methyl sites for hydroxylation is 2. The van der Waals surface area contributed by atoms with Gasteiger partial charge in [-0.1, -0.05) is 47.5 Å². The second-order valence-corrected chi connectivity index (χ2v) is 7.69. The Morgan fingerprint density at radius 3 is 2.47 bits per heavy atom. The van der Waals surface area contributed by atoms with Crippen molar-refractivity contribution in [2.24, 2.45) is 5.10 Å². The van der Waals surface area contributed by atoms with Gasteiger partial charge in [-0.25, -0.2) is 5.43 Å². The first-order valence-corrected chi connectivity index (χ1v) is 10.4. The van der Waals surface area contributed by atoms with Gasteiger partial charge in [0.15, 0.2) is 0 Å². The number of anilines is 1. The minimum atomic E-state index is -0.497. The second kappa shape index (κ2) is 11.1. The van der Waals surface area contributed by atoms with Gasteiger partial charge in [-0.3, -0.25) is 9.59 Å². The van der Waals surface area contributed by atoms with Crippen molar-refractivity contribution in [3.63, 3.8) is 0 Å². The molecule has 0 aliphatic rings. The Bertz CT molecular complexity index is 1130. The number of hydrogen-bond donors (Lipinski definition) is 2. The molecule has 32 heavy (non-hydrogen) atoms. The predicted molar refractivity (Wildman–Crippen MR) is 127 cm³/mol. The lowest BCUT2D eigenvalue weighted by molar-refractivity contribution is -0.126. The van der Waals surface area contributed by atoms with Crippen molar-refractivity contribution in [2.75, 3.05) is 5.32 Å². The first-order valence-electron chi connectivity index (χ1n) is 10.1. The van der Waals surface area contributed by atoms with Crippen LogP contribution in [0.25, 0.3) is 0 Å². The number of ether oxygens (including phenoxy) is 1. The highest BCUT2D eigenvalue weighted by Crippen LogP contribution is 2.19. The molecule has 3 aromatic rings. The SMILES string of the molecule is Cc1ccc(NC(=O)CC(=O)NN=Cc2ccc(OCc3ccccc3Cl)cc2)c(C)c1. The van der Waals surface area contributed by atoms with E-state index in [-0.39, 0.29) is 6.42 Å². The Kier molecular flexibility index (Phi) is 8.00. The number of carbonyl (C=O) groups is 2.